The quantitative estimate of drug-likeness (QED) is 0.547. The minimum atomic E-state index is -1.24. The van der Waals surface area contributed by atoms with Crippen molar-refractivity contribution < 1.29 is 19.8 Å². The maximum absolute atomic E-state index is 11.5. The summed E-state index contributed by atoms with van der Waals surface area (Å²) in [5.41, 5.74) is 0. The first-order valence-electron chi connectivity index (χ1n) is 4.69. The zero-order valence-corrected chi connectivity index (χ0v) is 8.22. The van der Waals surface area contributed by atoms with E-state index >= 15 is 0 Å². The highest BCUT2D eigenvalue weighted by atomic mass is 16.4. The zero-order chi connectivity index (χ0) is 11.3. The third-order valence-electron chi connectivity index (χ3n) is 2.12. The average molecular weight is 214 g/mol. The van der Waals surface area contributed by atoms with Crippen molar-refractivity contribution in [2.45, 2.75) is 12.5 Å². The second-order valence-electron chi connectivity index (χ2n) is 3.23. The molecule has 0 bridgehead atoms. The molecule has 0 saturated heterocycles. The van der Waals surface area contributed by atoms with Gasteiger partial charge in [-0.3, -0.25) is 0 Å². The highest BCUT2D eigenvalue weighted by Gasteiger charge is 2.22. The Bertz CT molecular complexity index is 277. The van der Waals surface area contributed by atoms with Crippen molar-refractivity contribution in [3.8, 4) is 0 Å². The number of amides is 2. The van der Waals surface area contributed by atoms with Gasteiger partial charge in [0.25, 0.3) is 0 Å². The smallest absolute Gasteiger partial charge is 0.328 e. The lowest BCUT2D eigenvalue weighted by Crippen LogP contribution is -2.50. The van der Waals surface area contributed by atoms with Crippen LogP contribution in [-0.2, 0) is 4.79 Å². The Balaban J connectivity index is 2.46. The first-order valence-corrected chi connectivity index (χ1v) is 4.69. The van der Waals surface area contributed by atoms with E-state index in [0.717, 1.165) is 6.42 Å². The summed E-state index contributed by atoms with van der Waals surface area (Å²) in [5.74, 6) is -1.24. The van der Waals surface area contributed by atoms with Gasteiger partial charge in [0, 0.05) is 13.1 Å². The second kappa shape index (κ2) is 5.35. The molecule has 1 heterocycles. The molecule has 0 aromatic heterocycles. The Kier molecular flexibility index (Phi) is 4.11. The number of carboxylic acid groups (broad SMARTS) is 1. The molecule has 1 aliphatic heterocycles. The van der Waals surface area contributed by atoms with Crippen molar-refractivity contribution in [2.24, 2.45) is 0 Å². The molecule has 0 radical (unpaired) electrons. The van der Waals surface area contributed by atoms with Gasteiger partial charge in [-0.1, -0.05) is 12.2 Å². The Labute approximate surface area is 87.2 Å². The predicted octanol–water partition coefficient (Wildman–Crippen LogP) is -0.597. The normalized spacial score (nSPS) is 17.3. The SMILES string of the molecule is O=C(O)[C@H](CO)NC(=O)N1CC=CCC1. The van der Waals surface area contributed by atoms with Crippen molar-refractivity contribution in [1.82, 2.24) is 10.2 Å². The summed E-state index contributed by atoms with van der Waals surface area (Å²) < 4.78 is 0. The zero-order valence-electron chi connectivity index (χ0n) is 8.22. The van der Waals surface area contributed by atoms with Crippen LogP contribution < -0.4 is 5.32 Å². The Hall–Kier alpha value is -1.56. The molecule has 1 aliphatic rings. The monoisotopic (exact) mass is 214 g/mol. The van der Waals surface area contributed by atoms with E-state index in [9.17, 15) is 9.59 Å². The number of hydrogen-bond donors (Lipinski definition) is 3. The van der Waals surface area contributed by atoms with Gasteiger partial charge in [0.1, 0.15) is 0 Å². The molecule has 3 N–H and O–H groups in total. The van der Waals surface area contributed by atoms with Gasteiger partial charge in [-0.25, -0.2) is 9.59 Å². The van der Waals surface area contributed by atoms with Gasteiger partial charge in [0.15, 0.2) is 6.04 Å². The van der Waals surface area contributed by atoms with Crippen LogP contribution in [0.3, 0.4) is 0 Å². The van der Waals surface area contributed by atoms with Gasteiger partial charge in [-0.05, 0) is 6.42 Å². The molecule has 1 rings (SSSR count). The van der Waals surface area contributed by atoms with Crippen molar-refractivity contribution in [3.63, 3.8) is 0 Å². The molecule has 0 fully saturated rings. The van der Waals surface area contributed by atoms with Gasteiger partial charge in [-0.15, -0.1) is 0 Å². The molecule has 6 heteroatoms. The molecular weight excluding hydrogens is 200 g/mol. The first kappa shape index (κ1) is 11.5. The van der Waals surface area contributed by atoms with E-state index in [1.54, 1.807) is 0 Å². The fourth-order valence-corrected chi connectivity index (χ4v) is 1.25. The molecule has 6 nitrogen and oxygen atoms in total. The van der Waals surface area contributed by atoms with E-state index < -0.39 is 24.6 Å². The fraction of sp³-hybridized carbons (Fsp3) is 0.556. The van der Waals surface area contributed by atoms with Crippen LogP contribution in [0, 0.1) is 0 Å². The number of rotatable bonds is 3. The number of carbonyl (C=O) groups excluding carboxylic acids is 1. The second-order valence-corrected chi connectivity index (χ2v) is 3.23. The highest BCUT2D eigenvalue weighted by Crippen LogP contribution is 2.01. The summed E-state index contributed by atoms with van der Waals surface area (Å²) in [7, 11) is 0. The third-order valence-corrected chi connectivity index (χ3v) is 2.12. The highest BCUT2D eigenvalue weighted by molar-refractivity contribution is 5.82. The number of aliphatic hydroxyl groups is 1. The lowest BCUT2D eigenvalue weighted by atomic mass is 10.2. The number of hydrogen-bond acceptors (Lipinski definition) is 3. The van der Waals surface area contributed by atoms with Gasteiger partial charge in [0.05, 0.1) is 6.61 Å². The maximum Gasteiger partial charge on any atom is 0.328 e. The number of nitrogens with one attached hydrogen (secondary N) is 1. The van der Waals surface area contributed by atoms with Crippen molar-refractivity contribution in [2.75, 3.05) is 19.7 Å². The molecule has 0 aliphatic carbocycles. The summed E-state index contributed by atoms with van der Waals surface area (Å²) in [5, 5.41) is 19.6. The van der Waals surface area contributed by atoms with Crippen LogP contribution in [0.5, 0.6) is 0 Å². The maximum atomic E-state index is 11.5. The topological polar surface area (TPSA) is 89.9 Å². The average Bonchev–Trinajstić information content (AvgIpc) is 2.26. The minimum Gasteiger partial charge on any atom is -0.480 e. The summed E-state index contributed by atoms with van der Waals surface area (Å²) in [4.78, 5) is 23.5. The van der Waals surface area contributed by atoms with Crippen LogP contribution in [0.15, 0.2) is 12.2 Å². The van der Waals surface area contributed by atoms with Crippen LogP contribution >= 0.6 is 0 Å². The Morgan fingerprint density at radius 1 is 1.47 bits per heavy atom. The van der Waals surface area contributed by atoms with E-state index in [0.29, 0.717) is 13.1 Å². The van der Waals surface area contributed by atoms with Crippen LogP contribution in [0.1, 0.15) is 6.42 Å². The Morgan fingerprint density at radius 2 is 2.20 bits per heavy atom. The van der Waals surface area contributed by atoms with Crippen molar-refractivity contribution >= 4 is 12.0 Å². The molecule has 0 spiro atoms. The number of carbonyl (C=O) groups is 2. The summed E-state index contributed by atoms with van der Waals surface area (Å²) in [6, 6.07) is -1.69. The van der Waals surface area contributed by atoms with E-state index in [1.807, 2.05) is 12.2 Å². The molecule has 0 aromatic rings. The Morgan fingerprint density at radius 3 is 2.67 bits per heavy atom. The van der Waals surface area contributed by atoms with Gasteiger partial charge in [0.2, 0.25) is 0 Å². The van der Waals surface area contributed by atoms with Gasteiger partial charge < -0.3 is 20.4 Å². The van der Waals surface area contributed by atoms with Crippen LogP contribution in [-0.4, -0.2) is 52.9 Å². The lowest BCUT2D eigenvalue weighted by Gasteiger charge is -2.25. The van der Waals surface area contributed by atoms with Gasteiger partial charge in [-0.2, -0.15) is 0 Å². The van der Waals surface area contributed by atoms with Crippen molar-refractivity contribution in [3.05, 3.63) is 12.2 Å². The molecule has 84 valence electrons. The summed E-state index contributed by atoms with van der Waals surface area (Å²) in [6.45, 7) is 0.439. The third kappa shape index (κ3) is 3.25. The molecule has 2 amide bonds. The first-order chi connectivity index (χ1) is 7.15. The standard InChI is InChI=1S/C9H14N2O4/c12-6-7(8(13)14)10-9(15)11-4-2-1-3-5-11/h1-2,7,12H,3-6H2,(H,10,15)(H,13,14)/t7-/m0/s1. The molecule has 0 aromatic carbocycles. The van der Waals surface area contributed by atoms with E-state index in [4.69, 9.17) is 10.2 Å². The summed E-state index contributed by atoms with van der Waals surface area (Å²) in [6.07, 6.45) is 4.58. The molecular formula is C9H14N2O4. The lowest BCUT2D eigenvalue weighted by molar-refractivity contribution is -0.140. The fourth-order valence-electron chi connectivity index (χ4n) is 1.25. The number of carboxylic acids is 1. The number of aliphatic hydroxyl groups excluding tert-OH is 1. The van der Waals surface area contributed by atoms with Crippen LogP contribution in [0.2, 0.25) is 0 Å². The number of nitrogens with zero attached hydrogens (tertiary/aromatic N) is 1. The predicted molar refractivity (Wildman–Crippen MR) is 52.4 cm³/mol. The van der Waals surface area contributed by atoms with E-state index in [-0.39, 0.29) is 0 Å². The van der Waals surface area contributed by atoms with Crippen molar-refractivity contribution in [1.29, 1.82) is 0 Å². The van der Waals surface area contributed by atoms with E-state index in [2.05, 4.69) is 5.32 Å². The van der Waals surface area contributed by atoms with E-state index in [1.165, 1.54) is 4.90 Å². The number of urea groups is 1. The number of aliphatic carboxylic acids is 1. The van der Waals surface area contributed by atoms with Crippen LogP contribution in [0.25, 0.3) is 0 Å². The summed E-state index contributed by atoms with van der Waals surface area (Å²) >= 11 is 0. The molecule has 15 heavy (non-hydrogen) atoms. The van der Waals surface area contributed by atoms with Gasteiger partial charge >= 0.3 is 12.0 Å². The molecule has 0 saturated carbocycles. The molecule has 0 unspecified atom stereocenters. The molecule has 1 atom stereocenters. The van der Waals surface area contributed by atoms with Crippen LogP contribution in [0.4, 0.5) is 4.79 Å². The largest absolute Gasteiger partial charge is 0.480 e. The minimum absolute atomic E-state index is 0.458.